The van der Waals surface area contributed by atoms with Crippen molar-refractivity contribution in [2.45, 2.75) is 12.7 Å². The minimum Gasteiger partial charge on any atom is -0.306 e. The lowest BCUT2D eigenvalue weighted by atomic mass is 10.4. The molecule has 0 spiro atoms. The number of aryl methyl sites for hydroxylation is 1. The summed E-state index contributed by atoms with van der Waals surface area (Å²) in [5.41, 5.74) is 1.21. The van der Waals surface area contributed by atoms with E-state index in [0.717, 1.165) is 0 Å². The number of rotatable bonds is 2. The van der Waals surface area contributed by atoms with Crippen molar-refractivity contribution in [3.8, 4) is 0 Å². The summed E-state index contributed by atoms with van der Waals surface area (Å²) < 4.78 is 18.7. The highest BCUT2D eigenvalue weighted by atomic mass is 32.2. The molecule has 0 bridgehead atoms. The molecule has 1 aromatic rings. The Morgan fingerprint density at radius 3 is 2.80 bits per heavy atom. The molecule has 0 saturated heterocycles. The molecule has 5 nitrogen and oxygen atoms in total. The first-order valence-electron chi connectivity index (χ1n) is 2.64. The largest absolute Gasteiger partial charge is 0.306 e. The number of nitrogens with one attached hydrogen (secondary N) is 1. The summed E-state index contributed by atoms with van der Waals surface area (Å²) in [5.74, 6) is 0.0440. The Kier molecular flexibility index (Phi) is 2.13. The number of hydrogen-bond acceptors (Lipinski definition) is 3. The highest BCUT2D eigenvalue weighted by Gasteiger charge is 2.04. The highest BCUT2D eigenvalue weighted by Crippen LogP contribution is 2.00. The first-order chi connectivity index (χ1) is 4.70. The summed E-state index contributed by atoms with van der Waals surface area (Å²) in [6, 6.07) is 0. The summed E-state index contributed by atoms with van der Waals surface area (Å²) in [6.45, 7) is 1.73. The van der Waals surface area contributed by atoms with Crippen molar-refractivity contribution < 1.29 is 8.76 Å². The van der Waals surface area contributed by atoms with Crippen LogP contribution >= 0.6 is 0 Å². The van der Waals surface area contributed by atoms with E-state index in [4.69, 9.17) is 4.55 Å². The molecule has 10 heavy (non-hydrogen) atoms. The van der Waals surface area contributed by atoms with Crippen molar-refractivity contribution in [2.24, 2.45) is 0 Å². The summed E-state index contributed by atoms with van der Waals surface area (Å²) in [4.78, 5) is 0. The van der Waals surface area contributed by atoms with Crippen LogP contribution in [0.3, 0.4) is 0 Å². The van der Waals surface area contributed by atoms with E-state index >= 15 is 0 Å². The van der Waals surface area contributed by atoms with Crippen LogP contribution in [-0.4, -0.2) is 24.2 Å². The van der Waals surface area contributed by atoms with Gasteiger partial charge < -0.3 is 4.55 Å². The molecule has 1 heterocycles. The minimum atomic E-state index is -1.83. The quantitative estimate of drug-likeness (QED) is 0.590. The van der Waals surface area contributed by atoms with Crippen LogP contribution in [0.15, 0.2) is 0 Å². The van der Waals surface area contributed by atoms with Gasteiger partial charge in [-0.05, 0) is 6.92 Å². The topological polar surface area (TPSA) is 78.9 Å². The van der Waals surface area contributed by atoms with E-state index in [0.29, 0.717) is 11.4 Å². The van der Waals surface area contributed by atoms with Gasteiger partial charge in [0.15, 0.2) is 11.1 Å². The van der Waals surface area contributed by atoms with Gasteiger partial charge in [-0.2, -0.15) is 15.4 Å². The van der Waals surface area contributed by atoms with Gasteiger partial charge in [-0.25, -0.2) is 4.21 Å². The second-order valence-corrected chi connectivity index (χ2v) is 2.75. The first kappa shape index (κ1) is 7.36. The van der Waals surface area contributed by atoms with Crippen molar-refractivity contribution in [3.63, 3.8) is 0 Å². The Bertz CT molecular complexity index is 246. The molecule has 1 unspecified atom stereocenters. The van der Waals surface area contributed by atoms with Crippen molar-refractivity contribution in [1.29, 1.82) is 0 Å². The maximum absolute atomic E-state index is 10.2. The van der Waals surface area contributed by atoms with Crippen LogP contribution in [0.5, 0.6) is 0 Å². The van der Waals surface area contributed by atoms with E-state index in [9.17, 15) is 4.21 Å². The van der Waals surface area contributed by atoms with E-state index < -0.39 is 11.1 Å². The minimum absolute atomic E-state index is 0.0440. The van der Waals surface area contributed by atoms with Crippen LogP contribution in [0.4, 0.5) is 0 Å². The molecular weight excluding hydrogens is 154 g/mol. The average molecular weight is 161 g/mol. The van der Waals surface area contributed by atoms with E-state index in [1.807, 2.05) is 0 Å². The number of H-pyrrole nitrogens is 1. The maximum atomic E-state index is 10.2. The lowest BCUT2D eigenvalue weighted by Crippen LogP contribution is -1.95. The van der Waals surface area contributed by atoms with Gasteiger partial charge in [0.2, 0.25) is 0 Å². The molecule has 0 radical (unpaired) electrons. The van der Waals surface area contributed by atoms with E-state index in [2.05, 4.69) is 15.4 Å². The predicted octanol–water partition coefficient (Wildman–Crippen LogP) is -0.165. The third kappa shape index (κ3) is 1.61. The Morgan fingerprint density at radius 1 is 1.70 bits per heavy atom. The van der Waals surface area contributed by atoms with Crippen molar-refractivity contribution in [3.05, 3.63) is 11.4 Å². The van der Waals surface area contributed by atoms with Gasteiger partial charge >= 0.3 is 0 Å². The predicted molar refractivity (Wildman–Crippen MR) is 35.6 cm³/mol. The SMILES string of the molecule is Cc1n[nH]nc1CS(=O)O. The lowest BCUT2D eigenvalue weighted by Gasteiger charge is -1.88. The second kappa shape index (κ2) is 2.89. The Labute approximate surface area is 60.1 Å². The third-order valence-corrected chi connectivity index (χ3v) is 1.60. The molecule has 0 aliphatic heterocycles. The Morgan fingerprint density at radius 2 is 2.40 bits per heavy atom. The standard InChI is InChI=1S/C4H7N3O2S/c1-3-4(2-10(8)9)6-7-5-3/h2H2,1H3,(H,8,9)(H,5,6,7). The molecule has 1 aromatic heterocycles. The number of aromatic amines is 1. The smallest absolute Gasteiger partial charge is 0.159 e. The van der Waals surface area contributed by atoms with Gasteiger partial charge in [0.05, 0.1) is 11.4 Å². The fraction of sp³-hybridized carbons (Fsp3) is 0.500. The molecule has 0 aliphatic rings. The van der Waals surface area contributed by atoms with Gasteiger partial charge in [0.25, 0.3) is 0 Å². The van der Waals surface area contributed by atoms with Crippen LogP contribution < -0.4 is 0 Å². The van der Waals surface area contributed by atoms with Gasteiger partial charge in [0, 0.05) is 0 Å². The third-order valence-electron chi connectivity index (χ3n) is 1.08. The zero-order valence-corrected chi connectivity index (χ0v) is 6.18. The van der Waals surface area contributed by atoms with E-state index in [-0.39, 0.29) is 5.75 Å². The van der Waals surface area contributed by atoms with Crippen LogP contribution in [0.1, 0.15) is 11.4 Å². The molecule has 0 aromatic carbocycles. The molecule has 1 rings (SSSR count). The molecule has 0 amide bonds. The zero-order chi connectivity index (χ0) is 7.56. The summed E-state index contributed by atoms with van der Waals surface area (Å²) >= 11 is -1.83. The van der Waals surface area contributed by atoms with Crippen molar-refractivity contribution in [2.75, 3.05) is 0 Å². The number of hydrogen-bond donors (Lipinski definition) is 2. The van der Waals surface area contributed by atoms with Crippen molar-refractivity contribution in [1.82, 2.24) is 15.4 Å². The van der Waals surface area contributed by atoms with Crippen LogP contribution in [-0.2, 0) is 16.8 Å². The highest BCUT2D eigenvalue weighted by molar-refractivity contribution is 7.78. The maximum Gasteiger partial charge on any atom is 0.159 e. The van der Waals surface area contributed by atoms with Gasteiger partial charge in [0.1, 0.15) is 5.69 Å². The zero-order valence-electron chi connectivity index (χ0n) is 5.37. The molecule has 0 aliphatic carbocycles. The van der Waals surface area contributed by atoms with E-state index in [1.54, 1.807) is 6.92 Å². The van der Waals surface area contributed by atoms with Crippen LogP contribution in [0.2, 0.25) is 0 Å². The first-order valence-corrected chi connectivity index (χ1v) is 3.91. The molecule has 0 saturated carbocycles. The second-order valence-electron chi connectivity index (χ2n) is 1.82. The summed E-state index contributed by atoms with van der Waals surface area (Å²) in [6.07, 6.45) is 0. The van der Waals surface area contributed by atoms with Gasteiger partial charge in [-0.3, -0.25) is 0 Å². The molecule has 2 N–H and O–H groups in total. The number of aromatic nitrogens is 3. The average Bonchev–Trinajstić information content (AvgIpc) is 2.15. The molecular formula is C4H7N3O2S. The Balaban J connectivity index is 2.74. The number of nitrogens with zero attached hydrogens (tertiary/aromatic N) is 2. The van der Waals surface area contributed by atoms with E-state index in [1.165, 1.54) is 0 Å². The van der Waals surface area contributed by atoms with Crippen LogP contribution in [0.25, 0.3) is 0 Å². The summed E-state index contributed by atoms with van der Waals surface area (Å²) in [5, 5.41) is 9.71. The van der Waals surface area contributed by atoms with Gasteiger partial charge in [-0.1, -0.05) is 0 Å². The fourth-order valence-corrected chi connectivity index (χ4v) is 1.07. The molecule has 6 heteroatoms. The monoisotopic (exact) mass is 161 g/mol. The fourth-order valence-electron chi connectivity index (χ4n) is 0.559. The van der Waals surface area contributed by atoms with Crippen LogP contribution in [0, 0.1) is 6.92 Å². The molecule has 56 valence electrons. The van der Waals surface area contributed by atoms with Gasteiger partial charge in [-0.15, -0.1) is 0 Å². The Hall–Kier alpha value is -0.750. The van der Waals surface area contributed by atoms with Crippen molar-refractivity contribution >= 4 is 11.1 Å². The molecule has 1 atom stereocenters. The normalized spacial score (nSPS) is 13.4. The molecule has 0 fully saturated rings. The summed E-state index contributed by atoms with van der Waals surface area (Å²) in [7, 11) is 0. The lowest BCUT2D eigenvalue weighted by molar-refractivity contribution is 0.562.